The lowest BCUT2D eigenvalue weighted by Gasteiger charge is -2.11. The number of thiocarbonyl (C=S) groups is 1. The Hall–Kier alpha value is -2.23. The number of aromatic nitrogens is 2. The van der Waals surface area contributed by atoms with Crippen LogP contribution in [0.3, 0.4) is 0 Å². The van der Waals surface area contributed by atoms with Crippen LogP contribution in [-0.2, 0) is 4.79 Å². The lowest BCUT2D eigenvalue weighted by molar-refractivity contribution is -0.121. The van der Waals surface area contributed by atoms with Gasteiger partial charge in [-0.15, -0.1) is 0 Å². The number of aliphatic hydroxyl groups is 1. The van der Waals surface area contributed by atoms with Crippen LogP contribution in [0.1, 0.15) is 12.5 Å². The van der Waals surface area contributed by atoms with Crippen LogP contribution in [0.2, 0.25) is 0 Å². The molecule has 2 N–H and O–H groups in total. The normalized spacial score (nSPS) is 16.2. The lowest BCUT2D eigenvalue weighted by Crippen LogP contribution is -2.27. The number of hydrogen-bond acceptors (Lipinski definition) is 7. The van der Waals surface area contributed by atoms with Gasteiger partial charge in [-0.2, -0.15) is 0 Å². The number of nitrogens with one attached hydrogen (secondary N) is 1. The third-order valence-corrected chi connectivity index (χ3v) is 5.02. The van der Waals surface area contributed by atoms with Crippen molar-refractivity contribution in [2.75, 3.05) is 25.0 Å². The van der Waals surface area contributed by atoms with E-state index < -0.39 is 0 Å². The Labute approximate surface area is 153 Å². The smallest absolute Gasteiger partial charge is 0.267 e. The van der Waals surface area contributed by atoms with Gasteiger partial charge in [0.25, 0.3) is 11.5 Å². The molecule has 7 nitrogen and oxygen atoms in total. The topological polar surface area (TPSA) is 86.9 Å². The fourth-order valence-corrected chi connectivity index (χ4v) is 3.81. The maximum Gasteiger partial charge on any atom is 0.267 e. The maximum absolute atomic E-state index is 12.8. The van der Waals surface area contributed by atoms with E-state index in [0.717, 1.165) is 11.8 Å². The van der Waals surface area contributed by atoms with E-state index in [1.54, 1.807) is 24.4 Å². The number of thioether (sulfide) groups is 1. The molecule has 0 spiro atoms. The van der Waals surface area contributed by atoms with E-state index in [0.29, 0.717) is 27.2 Å². The number of pyridine rings is 1. The molecular weight excluding hydrogens is 360 g/mol. The van der Waals surface area contributed by atoms with Crippen LogP contribution >= 0.6 is 24.0 Å². The maximum atomic E-state index is 12.8. The Morgan fingerprint density at radius 1 is 1.40 bits per heavy atom. The largest absolute Gasteiger partial charge is 0.395 e. The molecule has 1 saturated heterocycles. The second-order valence-electron chi connectivity index (χ2n) is 5.18. The summed E-state index contributed by atoms with van der Waals surface area (Å²) in [6, 6.07) is 5.23. The van der Waals surface area contributed by atoms with Crippen LogP contribution in [-0.4, -0.2) is 49.3 Å². The molecule has 0 radical (unpaired) electrons. The molecule has 1 fully saturated rings. The second kappa shape index (κ2) is 7.34. The van der Waals surface area contributed by atoms with Crippen molar-refractivity contribution in [2.24, 2.45) is 0 Å². The second-order valence-corrected chi connectivity index (χ2v) is 6.86. The zero-order valence-corrected chi connectivity index (χ0v) is 15.1. The molecule has 2 aromatic heterocycles. The predicted molar refractivity (Wildman–Crippen MR) is 103 cm³/mol. The molecule has 0 bridgehead atoms. The average molecular weight is 376 g/mol. The fourth-order valence-electron chi connectivity index (χ4n) is 2.45. The first-order valence-corrected chi connectivity index (χ1v) is 8.90. The predicted octanol–water partition coefficient (Wildman–Crippen LogP) is 1.32. The number of hydrogen-bond donors (Lipinski definition) is 2. The first kappa shape index (κ1) is 17.6. The number of aliphatic hydroxyl groups excluding tert-OH is 1. The van der Waals surface area contributed by atoms with Crippen LogP contribution < -0.4 is 10.9 Å². The van der Waals surface area contributed by atoms with E-state index in [1.165, 1.54) is 15.4 Å². The Morgan fingerprint density at radius 3 is 2.88 bits per heavy atom. The molecule has 25 heavy (non-hydrogen) atoms. The minimum Gasteiger partial charge on any atom is -0.395 e. The monoisotopic (exact) mass is 376 g/mol. The SMILES string of the molecule is CCN1C(=O)/C(=C/c2c(NCCO)nc3ccccn3c2=O)SC1=S. The highest BCUT2D eigenvalue weighted by molar-refractivity contribution is 8.26. The van der Waals surface area contributed by atoms with Crippen molar-refractivity contribution in [3.63, 3.8) is 0 Å². The molecule has 1 aliphatic rings. The van der Waals surface area contributed by atoms with Gasteiger partial charge in [-0.05, 0) is 25.1 Å². The van der Waals surface area contributed by atoms with Crippen LogP contribution in [0.25, 0.3) is 11.7 Å². The third-order valence-electron chi connectivity index (χ3n) is 3.64. The summed E-state index contributed by atoms with van der Waals surface area (Å²) in [4.78, 5) is 31.6. The van der Waals surface area contributed by atoms with Gasteiger partial charge in [-0.3, -0.25) is 18.9 Å². The van der Waals surface area contributed by atoms with Crippen molar-refractivity contribution in [3.05, 3.63) is 45.2 Å². The quantitative estimate of drug-likeness (QED) is 0.601. The van der Waals surface area contributed by atoms with Crippen LogP contribution in [0.4, 0.5) is 5.82 Å². The average Bonchev–Trinajstić information content (AvgIpc) is 2.88. The summed E-state index contributed by atoms with van der Waals surface area (Å²) in [5.74, 6) is 0.107. The number of fused-ring (bicyclic) bond motifs is 1. The van der Waals surface area contributed by atoms with Gasteiger partial charge >= 0.3 is 0 Å². The van der Waals surface area contributed by atoms with Crippen molar-refractivity contribution in [3.8, 4) is 0 Å². The van der Waals surface area contributed by atoms with Gasteiger partial charge in [0.2, 0.25) is 0 Å². The van der Waals surface area contributed by atoms with Gasteiger partial charge < -0.3 is 10.4 Å². The molecule has 0 unspecified atom stereocenters. The summed E-state index contributed by atoms with van der Waals surface area (Å²) >= 11 is 6.37. The van der Waals surface area contributed by atoms with Gasteiger partial charge in [-0.25, -0.2) is 4.98 Å². The molecule has 0 saturated carbocycles. The fraction of sp³-hybridized carbons (Fsp3) is 0.250. The zero-order chi connectivity index (χ0) is 18.0. The molecular formula is C16H16N4O3S2. The molecule has 1 amide bonds. The van der Waals surface area contributed by atoms with Gasteiger partial charge in [-0.1, -0.05) is 30.0 Å². The van der Waals surface area contributed by atoms with Gasteiger partial charge in [0, 0.05) is 19.3 Å². The number of anilines is 1. The number of carbonyl (C=O) groups is 1. The number of amides is 1. The third kappa shape index (κ3) is 3.30. The zero-order valence-electron chi connectivity index (χ0n) is 13.4. The standard InChI is InChI=1S/C16H16N4O3S2/c1-2-19-15(23)11(25-16(19)24)9-10-13(17-6-8-21)18-12-5-3-4-7-20(12)14(10)22/h3-5,7,9,17,21H,2,6,8H2,1H3/b11-9-. The summed E-state index contributed by atoms with van der Waals surface area (Å²) < 4.78 is 1.88. The molecule has 0 aromatic carbocycles. The van der Waals surface area contributed by atoms with Crippen molar-refractivity contribution in [1.29, 1.82) is 0 Å². The van der Waals surface area contributed by atoms with Crippen molar-refractivity contribution in [1.82, 2.24) is 14.3 Å². The number of rotatable bonds is 5. The van der Waals surface area contributed by atoms with E-state index in [9.17, 15) is 9.59 Å². The molecule has 3 heterocycles. The molecule has 1 aliphatic heterocycles. The van der Waals surface area contributed by atoms with Crippen LogP contribution in [0.15, 0.2) is 34.1 Å². The first-order chi connectivity index (χ1) is 12.1. The molecule has 3 rings (SSSR count). The number of carbonyl (C=O) groups excluding carboxylic acids is 1. The van der Waals surface area contributed by atoms with Crippen molar-refractivity contribution >= 4 is 51.7 Å². The van der Waals surface area contributed by atoms with E-state index >= 15 is 0 Å². The minimum atomic E-state index is -0.298. The Balaban J connectivity index is 2.15. The number of nitrogens with zero attached hydrogens (tertiary/aromatic N) is 3. The van der Waals surface area contributed by atoms with Crippen LogP contribution in [0.5, 0.6) is 0 Å². The van der Waals surface area contributed by atoms with E-state index in [2.05, 4.69) is 10.3 Å². The Kier molecular flexibility index (Phi) is 5.16. The summed E-state index contributed by atoms with van der Waals surface area (Å²) in [6.45, 7) is 2.46. The molecule has 0 atom stereocenters. The highest BCUT2D eigenvalue weighted by atomic mass is 32.2. The summed E-state index contributed by atoms with van der Waals surface area (Å²) in [7, 11) is 0. The number of likely N-dealkylation sites (N-methyl/N-ethyl adjacent to an activating group) is 1. The highest BCUT2D eigenvalue weighted by Gasteiger charge is 2.31. The first-order valence-electron chi connectivity index (χ1n) is 7.68. The van der Waals surface area contributed by atoms with Crippen molar-refractivity contribution < 1.29 is 9.90 Å². The van der Waals surface area contributed by atoms with E-state index in [1.807, 2.05) is 6.92 Å². The van der Waals surface area contributed by atoms with Crippen LogP contribution in [0, 0.1) is 0 Å². The molecule has 2 aromatic rings. The Morgan fingerprint density at radius 2 is 2.20 bits per heavy atom. The van der Waals surface area contributed by atoms with E-state index in [4.69, 9.17) is 17.3 Å². The summed E-state index contributed by atoms with van der Waals surface area (Å²) in [6.07, 6.45) is 3.14. The molecule has 130 valence electrons. The Bertz CT molecular complexity index is 939. The van der Waals surface area contributed by atoms with Gasteiger partial charge in [0.05, 0.1) is 17.1 Å². The molecule has 0 aliphatic carbocycles. The van der Waals surface area contributed by atoms with Crippen molar-refractivity contribution in [2.45, 2.75) is 6.92 Å². The minimum absolute atomic E-state index is 0.104. The highest BCUT2D eigenvalue weighted by Crippen LogP contribution is 2.32. The molecule has 9 heteroatoms. The summed E-state index contributed by atoms with van der Waals surface area (Å²) in [5.41, 5.74) is 0.438. The summed E-state index contributed by atoms with van der Waals surface area (Å²) in [5, 5.41) is 12.0. The van der Waals surface area contributed by atoms with Gasteiger partial charge in [0.15, 0.2) is 0 Å². The van der Waals surface area contributed by atoms with E-state index in [-0.39, 0.29) is 30.2 Å². The van der Waals surface area contributed by atoms with Gasteiger partial charge in [0.1, 0.15) is 15.8 Å². The lowest BCUT2D eigenvalue weighted by atomic mass is 10.2.